The molecule has 0 spiro atoms. The quantitative estimate of drug-likeness (QED) is 0.269. The molecule has 5 rings (SSSR count). The van der Waals surface area contributed by atoms with Gasteiger partial charge in [-0.1, -0.05) is 47.7 Å². The van der Waals surface area contributed by atoms with Crippen molar-refractivity contribution in [1.29, 1.82) is 0 Å². The Balaban J connectivity index is 1.25. The van der Waals surface area contributed by atoms with Crippen LogP contribution in [-0.4, -0.2) is 31.9 Å². The van der Waals surface area contributed by atoms with E-state index in [0.717, 1.165) is 25.8 Å². The topological polar surface area (TPSA) is 98.0 Å². The average Bonchev–Trinajstić information content (AvgIpc) is 3.41. The SMILES string of the molecule is Cc1cccc(C(=O)Nc2ccc3nc(SCC(=O)Nc4c(C)n(C)n(-c5ccccc5)c4=O)sc3c2)c1. The predicted molar refractivity (Wildman–Crippen MR) is 154 cm³/mol. The Morgan fingerprint density at radius 1 is 0.974 bits per heavy atom. The van der Waals surface area contributed by atoms with Crippen LogP contribution >= 0.6 is 23.1 Å². The lowest BCUT2D eigenvalue weighted by atomic mass is 10.1. The van der Waals surface area contributed by atoms with E-state index in [0.29, 0.717) is 16.9 Å². The van der Waals surface area contributed by atoms with E-state index in [4.69, 9.17) is 0 Å². The zero-order valence-electron chi connectivity index (χ0n) is 21.0. The first kappa shape index (κ1) is 25.5. The molecular weight excluding hydrogens is 518 g/mol. The van der Waals surface area contributed by atoms with Gasteiger partial charge in [-0.25, -0.2) is 9.67 Å². The Morgan fingerprint density at radius 2 is 1.76 bits per heavy atom. The van der Waals surface area contributed by atoms with E-state index < -0.39 is 0 Å². The molecule has 192 valence electrons. The number of anilines is 2. The van der Waals surface area contributed by atoms with E-state index in [1.165, 1.54) is 27.8 Å². The number of aryl methyl sites for hydroxylation is 1. The summed E-state index contributed by atoms with van der Waals surface area (Å²) in [6, 6.07) is 22.2. The van der Waals surface area contributed by atoms with Gasteiger partial charge in [0.1, 0.15) is 5.69 Å². The van der Waals surface area contributed by atoms with Crippen LogP contribution in [0.25, 0.3) is 15.9 Å². The first-order valence-electron chi connectivity index (χ1n) is 11.9. The van der Waals surface area contributed by atoms with Gasteiger partial charge in [0.05, 0.1) is 27.4 Å². The summed E-state index contributed by atoms with van der Waals surface area (Å²) in [7, 11) is 1.78. The fourth-order valence-electron chi connectivity index (χ4n) is 4.05. The zero-order valence-corrected chi connectivity index (χ0v) is 22.7. The van der Waals surface area contributed by atoms with Crippen LogP contribution in [-0.2, 0) is 11.8 Å². The van der Waals surface area contributed by atoms with Gasteiger partial charge in [0, 0.05) is 18.3 Å². The summed E-state index contributed by atoms with van der Waals surface area (Å²) in [5, 5.41) is 5.71. The predicted octanol–water partition coefficient (Wildman–Crippen LogP) is 5.39. The molecule has 3 aromatic carbocycles. The van der Waals surface area contributed by atoms with E-state index >= 15 is 0 Å². The maximum Gasteiger partial charge on any atom is 0.295 e. The number of hydrogen-bond donors (Lipinski definition) is 2. The molecule has 0 aliphatic heterocycles. The number of thiazole rings is 1. The monoisotopic (exact) mass is 543 g/mol. The third-order valence-corrected chi connectivity index (χ3v) is 8.21. The Bertz CT molecular complexity index is 1720. The number of benzene rings is 3. The third-order valence-electron chi connectivity index (χ3n) is 6.05. The van der Waals surface area contributed by atoms with Crippen LogP contribution in [0.5, 0.6) is 0 Å². The summed E-state index contributed by atoms with van der Waals surface area (Å²) < 4.78 is 4.88. The molecule has 0 radical (unpaired) electrons. The number of carbonyl (C=O) groups excluding carboxylic acids is 2. The number of amides is 2. The van der Waals surface area contributed by atoms with Gasteiger partial charge >= 0.3 is 0 Å². The van der Waals surface area contributed by atoms with Gasteiger partial charge in [-0.15, -0.1) is 11.3 Å². The van der Waals surface area contributed by atoms with Crippen LogP contribution in [0.3, 0.4) is 0 Å². The van der Waals surface area contributed by atoms with E-state index in [2.05, 4.69) is 15.6 Å². The number of carbonyl (C=O) groups is 2. The van der Waals surface area contributed by atoms with Gasteiger partial charge in [0.2, 0.25) is 5.91 Å². The lowest BCUT2D eigenvalue weighted by Gasteiger charge is -2.07. The molecule has 5 aromatic rings. The van der Waals surface area contributed by atoms with Crippen LogP contribution in [0.1, 0.15) is 21.6 Å². The van der Waals surface area contributed by atoms with E-state index in [1.54, 1.807) is 24.7 Å². The average molecular weight is 544 g/mol. The number of hydrogen-bond acceptors (Lipinski definition) is 6. The summed E-state index contributed by atoms with van der Waals surface area (Å²) in [6.45, 7) is 3.74. The number of para-hydroxylation sites is 1. The molecule has 0 saturated carbocycles. The molecular formula is C28H25N5O3S2. The highest BCUT2D eigenvalue weighted by atomic mass is 32.2. The number of rotatable bonds is 7. The lowest BCUT2D eigenvalue weighted by Crippen LogP contribution is -2.23. The van der Waals surface area contributed by atoms with Crippen molar-refractivity contribution in [3.63, 3.8) is 0 Å². The molecule has 0 saturated heterocycles. The molecule has 0 aliphatic rings. The van der Waals surface area contributed by atoms with E-state index in [1.807, 2.05) is 73.7 Å². The molecule has 2 heterocycles. The summed E-state index contributed by atoms with van der Waals surface area (Å²) in [6.07, 6.45) is 0. The summed E-state index contributed by atoms with van der Waals surface area (Å²) >= 11 is 2.75. The number of thioether (sulfide) groups is 1. The highest BCUT2D eigenvalue weighted by Crippen LogP contribution is 2.31. The smallest absolute Gasteiger partial charge is 0.295 e. The first-order chi connectivity index (χ1) is 18.3. The second-order valence-electron chi connectivity index (χ2n) is 8.76. The fourth-order valence-corrected chi connectivity index (χ4v) is 5.96. The number of aromatic nitrogens is 3. The standard InChI is InChI=1S/C28H25N5O3S2/c1-17-8-7-9-19(14-17)26(35)29-20-12-13-22-23(15-20)38-28(30-22)37-16-24(34)31-25-18(2)32(3)33(27(25)36)21-10-5-4-6-11-21/h4-15H,16H2,1-3H3,(H,29,35)(H,31,34). The largest absolute Gasteiger partial charge is 0.322 e. The maximum absolute atomic E-state index is 13.0. The molecule has 2 amide bonds. The molecule has 8 nitrogen and oxygen atoms in total. The van der Waals surface area contributed by atoms with E-state index in [9.17, 15) is 14.4 Å². The van der Waals surface area contributed by atoms with Crippen molar-refractivity contribution in [2.24, 2.45) is 7.05 Å². The third kappa shape index (κ3) is 5.27. The van der Waals surface area contributed by atoms with Crippen molar-refractivity contribution in [2.75, 3.05) is 16.4 Å². The van der Waals surface area contributed by atoms with Crippen LogP contribution < -0.4 is 16.2 Å². The Labute approximate surface area is 227 Å². The molecule has 0 fully saturated rings. The van der Waals surface area contributed by atoms with Crippen molar-refractivity contribution in [3.05, 3.63) is 100.0 Å². The Kier molecular flexibility index (Phi) is 7.17. The van der Waals surface area contributed by atoms with Gasteiger partial charge in [-0.2, -0.15) is 0 Å². The zero-order chi connectivity index (χ0) is 26.8. The Hall–Kier alpha value is -4.15. The number of nitrogens with one attached hydrogen (secondary N) is 2. The van der Waals surface area contributed by atoms with Gasteiger partial charge in [0.25, 0.3) is 11.5 Å². The van der Waals surface area contributed by atoms with E-state index in [-0.39, 0.29) is 28.8 Å². The molecule has 0 unspecified atom stereocenters. The van der Waals surface area contributed by atoms with Gasteiger partial charge in [0.15, 0.2) is 4.34 Å². The molecule has 2 aromatic heterocycles. The van der Waals surface area contributed by atoms with Crippen molar-refractivity contribution in [3.8, 4) is 5.69 Å². The fraction of sp³-hybridized carbons (Fsp3) is 0.143. The summed E-state index contributed by atoms with van der Waals surface area (Å²) in [5.74, 6) is -0.353. The first-order valence-corrected chi connectivity index (χ1v) is 13.7. The second-order valence-corrected chi connectivity index (χ2v) is 11.0. The maximum atomic E-state index is 13.0. The number of nitrogens with zero attached hydrogens (tertiary/aromatic N) is 3. The van der Waals surface area contributed by atoms with Crippen LogP contribution in [0, 0.1) is 13.8 Å². The minimum Gasteiger partial charge on any atom is -0.322 e. The Morgan fingerprint density at radius 3 is 2.53 bits per heavy atom. The highest BCUT2D eigenvalue weighted by Gasteiger charge is 2.18. The molecule has 0 bridgehead atoms. The lowest BCUT2D eigenvalue weighted by molar-refractivity contribution is -0.113. The molecule has 2 N–H and O–H groups in total. The van der Waals surface area contributed by atoms with Crippen molar-refractivity contribution >= 4 is 56.5 Å². The normalized spacial score (nSPS) is 11.0. The van der Waals surface area contributed by atoms with Crippen molar-refractivity contribution < 1.29 is 9.59 Å². The van der Waals surface area contributed by atoms with Crippen molar-refractivity contribution in [1.82, 2.24) is 14.3 Å². The summed E-state index contributed by atoms with van der Waals surface area (Å²) in [5.41, 5.74) is 4.45. The minimum absolute atomic E-state index is 0.107. The minimum atomic E-state index is -0.286. The van der Waals surface area contributed by atoms with Crippen LogP contribution in [0.4, 0.5) is 11.4 Å². The molecule has 0 atom stereocenters. The van der Waals surface area contributed by atoms with Gasteiger partial charge < -0.3 is 10.6 Å². The van der Waals surface area contributed by atoms with Crippen LogP contribution in [0.15, 0.2) is 81.9 Å². The highest BCUT2D eigenvalue weighted by molar-refractivity contribution is 8.01. The van der Waals surface area contributed by atoms with Crippen molar-refractivity contribution in [2.45, 2.75) is 18.2 Å². The van der Waals surface area contributed by atoms with Crippen LogP contribution in [0.2, 0.25) is 0 Å². The van der Waals surface area contributed by atoms with Gasteiger partial charge in [-0.05, 0) is 56.3 Å². The summed E-state index contributed by atoms with van der Waals surface area (Å²) in [4.78, 5) is 43.0. The second kappa shape index (κ2) is 10.7. The van der Waals surface area contributed by atoms with Gasteiger partial charge in [-0.3, -0.25) is 19.1 Å². The number of fused-ring (bicyclic) bond motifs is 1. The molecule has 10 heteroatoms. The molecule has 0 aliphatic carbocycles. The molecule has 38 heavy (non-hydrogen) atoms.